The topological polar surface area (TPSA) is 57.8 Å². The van der Waals surface area contributed by atoms with Gasteiger partial charge in [-0.05, 0) is 0 Å². The van der Waals surface area contributed by atoms with Crippen molar-refractivity contribution < 1.29 is 4.79 Å². The van der Waals surface area contributed by atoms with Crippen molar-refractivity contribution in [2.45, 2.75) is 0 Å². The average Bonchev–Trinajstić information content (AvgIpc) is 2.15. The zero-order valence-electron chi connectivity index (χ0n) is 4.72. The van der Waals surface area contributed by atoms with E-state index >= 15 is 0 Å². The smallest absolute Gasteiger partial charge is 0.226 e. The Morgan fingerprint density at radius 1 is 1.89 bits per heavy atom. The molecule has 0 bridgehead atoms. The molecule has 1 aromatic heterocycles. The molecule has 1 amide bonds. The predicted octanol–water partition coefficient (Wildman–Crippen LogP) is 0.182. The molecule has 0 aromatic carbocycles. The quantitative estimate of drug-likeness (QED) is 0.561. The van der Waals surface area contributed by atoms with Crippen LogP contribution in [-0.2, 0) is 4.79 Å². The van der Waals surface area contributed by atoms with Gasteiger partial charge in [0.15, 0.2) is 5.82 Å². The van der Waals surface area contributed by atoms with E-state index in [1.807, 2.05) is 0 Å². The number of carbonyl (C=O) groups is 1. The molecule has 47 valence electrons. The summed E-state index contributed by atoms with van der Waals surface area (Å²) >= 11 is 0. The van der Waals surface area contributed by atoms with Crippen LogP contribution in [0.1, 0.15) is 0 Å². The molecular formula is C5H6N3O. The summed E-state index contributed by atoms with van der Waals surface area (Å²) in [6, 6.07) is 1.64. The van der Waals surface area contributed by atoms with E-state index in [0.29, 0.717) is 5.82 Å². The highest BCUT2D eigenvalue weighted by molar-refractivity contribution is 5.92. The zero-order chi connectivity index (χ0) is 6.69. The molecular weight excluding hydrogens is 118 g/mol. The van der Waals surface area contributed by atoms with Crippen LogP contribution >= 0.6 is 0 Å². The maximum absolute atomic E-state index is 10.2. The van der Waals surface area contributed by atoms with Crippen LogP contribution in [0.3, 0.4) is 0 Å². The van der Waals surface area contributed by atoms with Gasteiger partial charge in [-0.3, -0.25) is 9.89 Å². The van der Waals surface area contributed by atoms with Gasteiger partial charge >= 0.3 is 0 Å². The van der Waals surface area contributed by atoms with E-state index in [9.17, 15) is 4.79 Å². The highest BCUT2D eigenvalue weighted by Crippen LogP contribution is 1.96. The van der Waals surface area contributed by atoms with Gasteiger partial charge in [-0.2, -0.15) is 5.10 Å². The third kappa shape index (κ3) is 1.56. The van der Waals surface area contributed by atoms with Crippen molar-refractivity contribution in [2.24, 2.45) is 0 Å². The monoisotopic (exact) mass is 124 g/mol. The van der Waals surface area contributed by atoms with Gasteiger partial charge in [-0.25, -0.2) is 0 Å². The van der Waals surface area contributed by atoms with Gasteiger partial charge in [0.2, 0.25) is 5.91 Å². The lowest BCUT2D eigenvalue weighted by molar-refractivity contribution is -0.112. The van der Waals surface area contributed by atoms with Crippen LogP contribution in [0.5, 0.6) is 0 Å². The number of carbonyl (C=O) groups excluding carboxylic acids is 1. The number of hydrogen-bond donors (Lipinski definition) is 2. The number of aromatic nitrogens is 2. The fourth-order valence-electron chi connectivity index (χ4n) is 0.473. The van der Waals surface area contributed by atoms with Gasteiger partial charge in [0.25, 0.3) is 0 Å². The first kappa shape index (κ1) is 5.81. The standard InChI is InChI=1S/C5H6N3O/c1-4(9)7-5-2-3-6-8-5/h2-3H,1H2,(H2,6,7,8,9). The number of nitrogens with zero attached hydrogens (tertiary/aromatic N) is 1. The van der Waals surface area contributed by atoms with Crippen LogP contribution in [-0.4, -0.2) is 16.1 Å². The Morgan fingerprint density at radius 2 is 2.67 bits per heavy atom. The molecule has 0 aliphatic heterocycles. The summed E-state index contributed by atoms with van der Waals surface area (Å²) in [5, 5.41) is 8.59. The summed E-state index contributed by atoms with van der Waals surface area (Å²) in [7, 11) is 0. The maximum Gasteiger partial charge on any atom is 0.226 e. The maximum atomic E-state index is 10.2. The van der Waals surface area contributed by atoms with E-state index in [1.54, 1.807) is 12.3 Å². The van der Waals surface area contributed by atoms with E-state index in [4.69, 9.17) is 0 Å². The van der Waals surface area contributed by atoms with Crippen molar-refractivity contribution in [3.05, 3.63) is 19.2 Å². The minimum Gasteiger partial charge on any atom is -0.309 e. The number of nitrogens with one attached hydrogen (secondary N) is 2. The molecule has 0 spiro atoms. The summed E-state index contributed by atoms with van der Waals surface area (Å²) in [5.41, 5.74) is 0. The van der Waals surface area contributed by atoms with Crippen LogP contribution in [0.4, 0.5) is 5.82 Å². The number of H-pyrrole nitrogens is 1. The van der Waals surface area contributed by atoms with Crippen LogP contribution in [0.15, 0.2) is 12.3 Å². The normalized spacial score (nSPS) is 9.00. The molecule has 1 rings (SSSR count). The van der Waals surface area contributed by atoms with Crippen molar-refractivity contribution in [3.8, 4) is 0 Å². The van der Waals surface area contributed by atoms with E-state index < -0.39 is 0 Å². The molecule has 0 unspecified atom stereocenters. The van der Waals surface area contributed by atoms with Gasteiger partial charge in [-0.15, -0.1) is 0 Å². The molecule has 1 radical (unpaired) electrons. The minimum atomic E-state index is -0.359. The Balaban J connectivity index is 2.58. The van der Waals surface area contributed by atoms with Crippen LogP contribution in [0.2, 0.25) is 0 Å². The lowest BCUT2D eigenvalue weighted by atomic mass is 10.6. The second-order valence-corrected chi connectivity index (χ2v) is 1.51. The van der Waals surface area contributed by atoms with Crippen LogP contribution < -0.4 is 5.32 Å². The first-order valence-electron chi connectivity index (χ1n) is 2.42. The van der Waals surface area contributed by atoms with Crippen molar-refractivity contribution in [1.82, 2.24) is 10.2 Å². The molecule has 4 nitrogen and oxygen atoms in total. The summed E-state index contributed by atoms with van der Waals surface area (Å²) in [4.78, 5) is 10.2. The Morgan fingerprint density at radius 3 is 3.11 bits per heavy atom. The van der Waals surface area contributed by atoms with E-state index in [1.165, 1.54) is 0 Å². The molecule has 0 fully saturated rings. The molecule has 0 saturated heterocycles. The van der Waals surface area contributed by atoms with E-state index in [0.717, 1.165) is 0 Å². The van der Waals surface area contributed by atoms with Crippen molar-refractivity contribution in [2.75, 3.05) is 5.32 Å². The number of amides is 1. The number of aromatic amines is 1. The first-order chi connectivity index (χ1) is 4.29. The van der Waals surface area contributed by atoms with Gasteiger partial charge in [-0.1, -0.05) is 0 Å². The van der Waals surface area contributed by atoms with Crippen molar-refractivity contribution in [3.63, 3.8) is 0 Å². The molecule has 0 aliphatic carbocycles. The summed E-state index contributed by atoms with van der Waals surface area (Å²) < 4.78 is 0. The molecule has 1 aromatic rings. The third-order valence-electron chi connectivity index (χ3n) is 0.768. The largest absolute Gasteiger partial charge is 0.309 e. The lowest BCUT2D eigenvalue weighted by Gasteiger charge is -1.90. The SMILES string of the molecule is [CH2]C(=O)Nc1cc[nH]n1. The van der Waals surface area contributed by atoms with Gasteiger partial charge in [0, 0.05) is 19.2 Å². The number of rotatable bonds is 1. The molecule has 0 saturated carbocycles. The second-order valence-electron chi connectivity index (χ2n) is 1.51. The Kier molecular flexibility index (Phi) is 1.48. The number of hydrogen-bond acceptors (Lipinski definition) is 2. The molecule has 0 aliphatic rings. The van der Waals surface area contributed by atoms with E-state index in [2.05, 4.69) is 22.4 Å². The Labute approximate surface area is 52.3 Å². The van der Waals surface area contributed by atoms with Crippen molar-refractivity contribution >= 4 is 11.7 Å². The fraction of sp³-hybridized carbons (Fsp3) is 0. The molecule has 2 N–H and O–H groups in total. The van der Waals surface area contributed by atoms with Crippen molar-refractivity contribution in [1.29, 1.82) is 0 Å². The van der Waals surface area contributed by atoms with Gasteiger partial charge < -0.3 is 5.32 Å². The highest BCUT2D eigenvalue weighted by Gasteiger charge is 1.93. The van der Waals surface area contributed by atoms with E-state index in [-0.39, 0.29) is 5.91 Å². The summed E-state index contributed by atoms with van der Waals surface area (Å²) in [6.45, 7) is 3.11. The zero-order valence-corrected chi connectivity index (χ0v) is 4.72. The Bertz CT molecular complexity index is 192. The minimum absolute atomic E-state index is 0.359. The lowest BCUT2D eigenvalue weighted by Crippen LogP contribution is -2.05. The number of anilines is 1. The Hall–Kier alpha value is -1.32. The van der Waals surface area contributed by atoms with Crippen LogP contribution in [0.25, 0.3) is 0 Å². The molecule has 0 atom stereocenters. The first-order valence-corrected chi connectivity index (χ1v) is 2.42. The molecule has 1 heterocycles. The fourth-order valence-corrected chi connectivity index (χ4v) is 0.473. The predicted molar refractivity (Wildman–Crippen MR) is 32.6 cm³/mol. The van der Waals surface area contributed by atoms with Crippen LogP contribution in [0, 0.1) is 6.92 Å². The average molecular weight is 124 g/mol. The summed E-state index contributed by atoms with van der Waals surface area (Å²) in [6.07, 6.45) is 1.62. The molecule has 9 heavy (non-hydrogen) atoms. The highest BCUT2D eigenvalue weighted by atomic mass is 16.1. The van der Waals surface area contributed by atoms with Gasteiger partial charge in [0.1, 0.15) is 0 Å². The summed E-state index contributed by atoms with van der Waals surface area (Å²) in [5.74, 6) is 0.136. The second kappa shape index (κ2) is 2.30. The molecule has 4 heteroatoms. The third-order valence-corrected chi connectivity index (χ3v) is 0.768. The van der Waals surface area contributed by atoms with Gasteiger partial charge in [0.05, 0.1) is 0 Å².